The van der Waals surface area contributed by atoms with E-state index in [1.54, 1.807) is 24.3 Å². The molecule has 4 N–H and O–H groups in total. The molecule has 0 aliphatic heterocycles. The van der Waals surface area contributed by atoms with Gasteiger partial charge in [-0.1, -0.05) is 60.7 Å². The third-order valence-corrected chi connectivity index (χ3v) is 5.79. The second-order valence-corrected chi connectivity index (χ2v) is 8.31. The second kappa shape index (κ2) is 12.2. The Morgan fingerprint density at radius 3 is 2.18 bits per heavy atom. The maximum atomic E-state index is 12.9. The van der Waals surface area contributed by atoms with Crippen molar-refractivity contribution in [3.63, 3.8) is 0 Å². The van der Waals surface area contributed by atoms with Crippen molar-refractivity contribution in [1.29, 1.82) is 0 Å². The molecule has 3 unspecified atom stereocenters. The Kier molecular flexibility index (Phi) is 9.08. The van der Waals surface area contributed by atoms with E-state index in [2.05, 4.69) is 10.6 Å². The van der Waals surface area contributed by atoms with Crippen LogP contribution in [0.4, 0.5) is 0 Å². The molecule has 1 aliphatic carbocycles. The van der Waals surface area contributed by atoms with Crippen molar-refractivity contribution >= 4 is 24.2 Å². The fourth-order valence-corrected chi connectivity index (χ4v) is 3.71. The highest BCUT2D eigenvalue weighted by Crippen LogP contribution is 2.39. The number of carbonyl (C=O) groups is 2. The lowest BCUT2D eigenvalue weighted by Crippen LogP contribution is -2.47. The van der Waals surface area contributed by atoms with Crippen LogP contribution in [0.5, 0.6) is 5.75 Å². The lowest BCUT2D eigenvalue weighted by Gasteiger charge is -2.19. The van der Waals surface area contributed by atoms with Crippen LogP contribution < -0.4 is 21.1 Å². The number of halogens is 1. The molecule has 0 saturated heterocycles. The zero-order valence-electron chi connectivity index (χ0n) is 18.9. The van der Waals surface area contributed by atoms with Gasteiger partial charge in [0.05, 0.1) is 6.61 Å². The number of hydrogen-bond acceptors (Lipinski definition) is 4. The summed E-state index contributed by atoms with van der Waals surface area (Å²) in [5.74, 6) is 0.640. The molecule has 3 aromatic rings. The number of rotatable bonds is 10. The van der Waals surface area contributed by atoms with E-state index in [9.17, 15) is 9.59 Å². The van der Waals surface area contributed by atoms with E-state index in [1.165, 1.54) is 5.56 Å². The topological polar surface area (TPSA) is 93.4 Å². The first-order chi connectivity index (χ1) is 16.1. The molecule has 0 heterocycles. The summed E-state index contributed by atoms with van der Waals surface area (Å²) in [4.78, 5) is 25.5. The third kappa shape index (κ3) is 7.07. The molecule has 0 radical (unpaired) electrons. The molecule has 4 rings (SSSR count). The van der Waals surface area contributed by atoms with Gasteiger partial charge >= 0.3 is 0 Å². The van der Waals surface area contributed by atoms with Gasteiger partial charge in [0.2, 0.25) is 5.91 Å². The van der Waals surface area contributed by atoms with E-state index >= 15 is 0 Å². The standard InChI is InChI=1S/C27H29N3O3.ClH/c28-24-17-23(24)20-11-13-22(14-12-20)33-16-15-25(30-26(31)21-9-5-2-6-10-21)27(32)29-18-19-7-3-1-4-8-19;/h1-14,23-25H,15-18,28H2,(H,29,32)(H,30,31);1H. The Labute approximate surface area is 206 Å². The largest absolute Gasteiger partial charge is 0.494 e. The summed E-state index contributed by atoms with van der Waals surface area (Å²) >= 11 is 0. The van der Waals surface area contributed by atoms with Gasteiger partial charge in [0.1, 0.15) is 11.8 Å². The van der Waals surface area contributed by atoms with Crippen LogP contribution in [0.25, 0.3) is 0 Å². The Bertz CT molecular complexity index is 1060. The van der Waals surface area contributed by atoms with Gasteiger partial charge in [-0.05, 0) is 41.8 Å². The Balaban J connectivity index is 0.00000324. The predicted molar refractivity (Wildman–Crippen MR) is 135 cm³/mol. The highest BCUT2D eigenvalue weighted by atomic mass is 35.5. The van der Waals surface area contributed by atoms with Gasteiger partial charge in [0.15, 0.2) is 0 Å². The molecule has 1 aliphatic rings. The molecule has 3 aromatic carbocycles. The van der Waals surface area contributed by atoms with E-state index < -0.39 is 6.04 Å². The van der Waals surface area contributed by atoms with Gasteiger partial charge < -0.3 is 21.1 Å². The van der Waals surface area contributed by atoms with Crippen LogP contribution in [0.15, 0.2) is 84.9 Å². The quantitative estimate of drug-likeness (QED) is 0.412. The van der Waals surface area contributed by atoms with E-state index in [0.717, 1.165) is 17.7 Å². The van der Waals surface area contributed by atoms with Gasteiger partial charge in [0, 0.05) is 30.5 Å². The van der Waals surface area contributed by atoms with Crippen molar-refractivity contribution in [2.24, 2.45) is 5.73 Å². The fraction of sp³-hybridized carbons (Fsp3) is 0.259. The van der Waals surface area contributed by atoms with Crippen molar-refractivity contribution < 1.29 is 14.3 Å². The molecule has 0 bridgehead atoms. The first-order valence-electron chi connectivity index (χ1n) is 11.3. The monoisotopic (exact) mass is 479 g/mol. The Morgan fingerprint density at radius 1 is 0.941 bits per heavy atom. The number of nitrogens with one attached hydrogen (secondary N) is 2. The average Bonchev–Trinajstić information content (AvgIpc) is 3.59. The van der Waals surface area contributed by atoms with Crippen molar-refractivity contribution in [3.8, 4) is 5.75 Å². The van der Waals surface area contributed by atoms with Crippen molar-refractivity contribution in [2.75, 3.05) is 6.61 Å². The lowest BCUT2D eigenvalue weighted by atomic mass is 10.1. The van der Waals surface area contributed by atoms with Crippen LogP contribution in [-0.4, -0.2) is 30.5 Å². The summed E-state index contributed by atoms with van der Waals surface area (Å²) in [5, 5.41) is 5.76. The summed E-state index contributed by atoms with van der Waals surface area (Å²) in [6.07, 6.45) is 1.37. The van der Waals surface area contributed by atoms with E-state index in [4.69, 9.17) is 10.5 Å². The summed E-state index contributed by atoms with van der Waals surface area (Å²) in [6, 6.07) is 26.0. The molecular formula is C27H30ClN3O3. The number of amides is 2. The second-order valence-electron chi connectivity index (χ2n) is 8.31. The Hall–Kier alpha value is -3.35. The molecule has 2 amide bonds. The SMILES string of the molecule is Cl.NC1CC1c1ccc(OCCC(NC(=O)c2ccccc2)C(=O)NCc2ccccc2)cc1. The number of benzene rings is 3. The summed E-state index contributed by atoms with van der Waals surface area (Å²) in [7, 11) is 0. The zero-order chi connectivity index (χ0) is 23.0. The molecule has 178 valence electrons. The average molecular weight is 480 g/mol. The van der Waals surface area contributed by atoms with Crippen LogP contribution in [0.2, 0.25) is 0 Å². The third-order valence-electron chi connectivity index (χ3n) is 5.79. The lowest BCUT2D eigenvalue weighted by molar-refractivity contribution is -0.123. The summed E-state index contributed by atoms with van der Waals surface area (Å²) in [5.41, 5.74) is 8.64. The minimum Gasteiger partial charge on any atom is -0.494 e. The molecule has 7 heteroatoms. The smallest absolute Gasteiger partial charge is 0.251 e. The first-order valence-corrected chi connectivity index (χ1v) is 11.3. The summed E-state index contributed by atoms with van der Waals surface area (Å²) in [6.45, 7) is 0.684. The highest BCUT2D eigenvalue weighted by molar-refractivity contribution is 5.97. The Morgan fingerprint density at radius 2 is 1.56 bits per heavy atom. The minimum atomic E-state index is -0.717. The molecule has 0 aromatic heterocycles. The normalized spacial score (nSPS) is 17.1. The van der Waals surface area contributed by atoms with Crippen molar-refractivity contribution in [3.05, 3.63) is 102 Å². The molecule has 1 fully saturated rings. The fourth-order valence-electron chi connectivity index (χ4n) is 3.71. The van der Waals surface area contributed by atoms with Gasteiger partial charge in [-0.15, -0.1) is 12.4 Å². The van der Waals surface area contributed by atoms with Crippen LogP contribution in [-0.2, 0) is 11.3 Å². The van der Waals surface area contributed by atoms with Crippen LogP contribution >= 0.6 is 12.4 Å². The van der Waals surface area contributed by atoms with E-state index in [-0.39, 0.29) is 30.3 Å². The number of hydrogen-bond donors (Lipinski definition) is 3. The maximum Gasteiger partial charge on any atom is 0.251 e. The highest BCUT2D eigenvalue weighted by Gasteiger charge is 2.34. The van der Waals surface area contributed by atoms with Crippen molar-refractivity contribution in [2.45, 2.75) is 37.4 Å². The first kappa shape index (κ1) is 25.3. The molecule has 6 nitrogen and oxygen atoms in total. The number of carbonyl (C=O) groups excluding carboxylic acids is 2. The number of ether oxygens (including phenoxy) is 1. The van der Waals surface area contributed by atoms with Crippen LogP contribution in [0.3, 0.4) is 0 Å². The molecule has 1 saturated carbocycles. The van der Waals surface area contributed by atoms with Crippen LogP contribution in [0, 0.1) is 0 Å². The van der Waals surface area contributed by atoms with E-state index in [0.29, 0.717) is 31.1 Å². The van der Waals surface area contributed by atoms with Crippen LogP contribution in [0.1, 0.15) is 40.2 Å². The van der Waals surface area contributed by atoms with Gasteiger partial charge in [0.25, 0.3) is 5.91 Å². The van der Waals surface area contributed by atoms with Gasteiger partial charge in [-0.3, -0.25) is 9.59 Å². The minimum absolute atomic E-state index is 0. The molecule has 0 spiro atoms. The van der Waals surface area contributed by atoms with E-state index in [1.807, 2.05) is 60.7 Å². The molecule has 34 heavy (non-hydrogen) atoms. The summed E-state index contributed by atoms with van der Waals surface area (Å²) < 4.78 is 5.86. The zero-order valence-corrected chi connectivity index (χ0v) is 19.7. The number of nitrogens with two attached hydrogens (primary N) is 1. The van der Waals surface area contributed by atoms with Crippen molar-refractivity contribution in [1.82, 2.24) is 10.6 Å². The van der Waals surface area contributed by atoms with Gasteiger partial charge in [-0.25, -0.2) is 0 Å². The molecular weight excluding hydrogens is 450 g/mol. The predicted octanol–water partition coefficient (Wildman–Crippen LogP) is 3.81. The molecule has 3 atom stereocenters. The van der Waals surface area contributed by atoms with Gasteiger partial charge in [-0.2, -0.15) is 0 Å². The maximum absolute atomic E-state index is 12.9.